The Kier molecular flexibility index (Phi) is 6.28. The molecule has 19 heavy (non-hydrogen) atoms. The summed E-state index contributed by atoms with van der Waals surface area (Å²) >= 11 is 0. The van der Waals surface area contributed by atoms with Crippen LogP contribution in [-0.2, 0) is 10.0 Å². The SMILES string of the molecule is COc1ccc(S(=O)(=O)NC(C)(C)CN)c(C)c1.Cl. The smallest absolute Gasteiger partial charge is 0.241 e. The molecule has 1 rings (SSSR count). The molecule has 0 aromatic heterocycles. The Bertz CT molecular complexity index is 530. The second kappa shape index (κ2) is 6.56. The Labute approximate surface area is 121 Å². The van der Waals surface area contributed by atoms with E-state index in [1.165, 1.54) is 6.07 Å². The fraction of sp³-hybridized carbons (Fsp3) is 0.500. The van der Waals surface area contributed by atoms with E-state index in [1.807, 2.05) is 0 Å². The monoisotopic (exact) mass is 308 g/mol. The first kappa shape index (κ1) is 18.2. The summed E-state index contributed by atoms with van der Waals surface area (Å²) in [5.74, 6) is 0.629. The van der Waals surface area contributed by atoms with Gasteiger partial charge in [-0.1, -0.05) is 0 Å². The van der Waals surface area contributed by atoms with Gasteiger partial charge in [0.25, 0.3) is 0 Å². The molecule has 1 aromatic carbocycles. The lowest BCUT2D eigenvalue weighted by Crippen LogP contribution is -2.48. The van der Waals surface area contributed by atoms with Crippen molar-refractivity contribution in [1.82, 2.24) is 4.72 Å². The second-order valence-corrected chi connectivity index (χ2v) is 6.48. The van der Waals surface area contributed by atoms with Crippen LogP contribution in [0.5, 0.6) is 5.75 Å². The van der Waals surface area contributed by atoms with Gasteiger partial charge in [-0.05, 0) is 44.5 Å². The molecular formula is C12H21ClN2O3S. The van der Waals surface area contributed by atoms with Crippen LogP contribution >= 0.6 is 12.4 Å². The van der Waals surface area contributed by atoms with Crippen LogP contribution in [0, 0.1) is 6.92 Å². The van der Waals surface area contributed by atoms with E-state index in [4.69, 9.17) is 10.5 Å². The molecule has 0 saturated heterocycles. The van der Waals surface area contributed by atoms with Crippen molar-refractivity contribution in [2.45, 2.75) is 31.2 Å². The predicted molar refractivity (Wildman–Crippen MR) is 78.4 cm³/mol. The minimum absolute atomic E-state index is 0. The number of halogens is 1. The van der Waals surface area contributed by atoms with Gasteiger partial charge < -0.3 is 10.5 Å². The summed E-state index contributed by atoms with van der Waals surface area (Å²) in [5, 5.41) is 0. The van der Waals surface area contributed by atoms with E-state index in [0.29, 0.717) is 11.3 Å². The number of ether oxygens (including phenoxy) is 1. The summed E-state index contributed by atoms with van der Waals surface area (Å²) in [6, 6.07) is 4.84. The number of hydrogen-bond donors (Lipinski definition) is 2. The molecule has 0 radical (unpaired) electrons. The highest BCUT2D eigenvalue weighted by Crippen LogP contribution is 2.21. The summed E-state index contributed by atoms with van der Waals surface area (Å²) in [6.07, 6.45) is 0. The largest absolute Gasteiger partial charge is 0.497 e. The molecule has 0 heterocycles. The number of rotatable bonds is 5. The van der Waals surface area contributed by atoms with Crippen LogP contribution in [-0.4, -0.2) is 27.6 Å². The van der Waals surface area contributed by atoms with Gasteiger partial charge in [-0.2, -0.15) is 0 Å². The van der Waals surface area contributed by atoms with Crippen LogP contribution < -0.4 is 15.2 Å². The Morgan fingerprint density at radius 3 is 2.37 bits per heavy atom. The van der Waals surface area contributed by atoms with Crippen LogP contribution in [0.25, 0.3) is 0 Å². The normalized spacial score (nSPS) is 11.8. The summed E-state index contributed by atoms with van der Waals surface area (Å²) in [4.78, 5) is 0.241. The van der Waals surface area contributed by atoms with E-state index in [0.717, 1.165) is 0 Å². The van der Waals surface area contributed by atoms with E-state index in [9.17, 15) is 8.42 Å². The van der Waals surface area contributed by atoms with Gasteiger partial charge in [0.05, 0.1) is 12.0 Å². The van der Waals surface area contributed by atoms with Crippen molar-refractivity contribution < 1.29 is 13.2 Å². The van der Waals surface area contributed by atoms with Gasteiger partial charge in [0, 0.05) is 12.1 Å². The lowest BCUT2D eigenvalue weighted by atomic mass is 10.1. The molecule has 0 bridgehead atoms. The summed E-state index contributed by atoms with van der Waals surface area (Å²) in [6.45, 7) is 5.43. The molecule has 0 amide bonds. The summed E-state index contributed by atoms with van der Waals surface area (Å²) in [5.41, 5.74) is 5.49. The molecule has 0 aliphatic rings. The molecule has 0 aliphatic carbocycles. The second-order valence-electron chi connectivity index (χ2n) is 4.82. The van der Waals surface area contributed by atoms with E-state index >= 15 is 0 Å². The number of hydrogen-bond acceptors (Lipinski definition) is 4. The highest BCUT2D eigenvalue weighted by atomic mass is 35.5. The third-order valence-electron chi connectivity index (χ3n) is 2.59. The van der Waals surface area contributed by atoms with Crippen molar-refractivity contribution in [3.8, 4) is 5.75 Å². The number of nitrogens with one attached hydrogen (secondary N) is 1. The van der Waals surface area contributed by atoms with Crippen LogP contribution in [0.15, 0.2) is 23.1 Å². The molecule has 0 spiro atoms. The van der Waals surface area contributed by atoms with Crippen LogP contribution in [0.3, 0.4) is 0 Å². The molecule has 0 unspecified atom stereocenters. The first-order chi connectivity index (χ1) is 8.22. The molecule has 0 fully saturated rings. The summed E-state index contributed by atoms with van der Waals surface area (Å²) in [7, 11) is -2.03. The topological polar surface area (TPSA) is 81.4 Å². The predicted octanol–water partition coefficient (Wildman–Crippen LogP) is 1.44. The lowest BCUT2D eigenvalue weighted by molar-refractivity contribution is 0.414. The molecule has 0 atom stereocenters. The number of sulfonamides is 1. The van der Waals surface area contributed by atoms with Crippen molar-refractivity contribution >= 4 is 22.4 Å². The van der Waals surface area contributed by atoms with Crippen LogP contribution in [0.2, 0.25) is 0 Å². The first-order valence-electron chi connectivity index (χ1n) is 5.60. The van der Waals surface area contributed by atoms with Gasteiger partial charge in [-0.25, -0.2) is 13.1 Å². The van der Waals surface area contributed by atoms with Gasteiger partial charge >= 0.3 is 0 Å². The van der Waals surface area contributed by atoms with E-state index in [2.05, 4.69) is 4.72 Å². The molecule has 0 aliphatic heterocycles. The maximum Gasteiger partial charge on any atom is 0.241 e. The minimum Gasteiger partial charge on any atom is -0.497 e. The molecule has 5 nitrogen and oxygen atoms in total. The fourth-order valence-electron chi connectivity index (χ4n) is 1.51. The Balaban J connectivity index is 0.00000324. The average molecular weight is 309 g/mol. The maximum atomic E-state index is 12.2. The van der Waals surface area contributed by atoms with Crippen molar-refractivity contribution in [2.24, 2.45) is 5.73 Å². The zero-order valence-electron chi connectivity index (χ0n) is 11.6. The van der Waals surface area contributed by atoms with Gasteiger partial charge in [0.1, 0.15) is 5.75 Å². The molecule has 7 heteroatoms. The highest BCUT2D eigenvalue weighted by molar-refractivity contribution is 7.89. The summed E-state index contributed by atoms with van der Waals surface area (Å²) < 4.78 is 32.1. The zero-order chi connectivity index (χ0) is 14.0. The van der Waals surface area contributed by atoms with Crippen molar-refractivity contribution in [2.75, 3.05) is 13.7 Å². The van der Waals surface area contributed by atoms with Gasteiger partial charge in [0.2, 0.25) is 10.0 Å². The van der Waals surface area contributed by atoms with E-state index in [1.54, 1.807) is 40.0 Å². The fourth-order valence-corrected chi connectivity index (χ4v) is 3.16. The van der Waals surface area contributed by atoms with Gasteiger partial charge in [0.15, 0.2) is 0 Å². The molecular weight excluding hydrogens is 288 g/mol. The first-order valence-corrected chi connectivity index (χ1v) is 7.09. The van der Waals surface area contributed by atoms with Gasteiger partial charge in [-0.3, -0.25) is 0 Å². The minimum atomic E-state index is -3.57. The van der Waals surface area contributed by atoms with E-state index < -0.39 is 15.6 Å². The Morgan fingerprint density at radius 2 is 1.95 bits per heavy atom. The average Bonchev–Trinajstić information content (AvgIpc) is 2.27. The van der Waals surface area contributed by atoms with Crippen molar-refractivity contribution in [3.05, 3.63) is 23.8 Å². The number of nitrogens with two attached hydrogens (primary N) is 1. The maximum absolute atomic E-state index is 12.2. The quantitative estimate of drug-likeness (QED) is 0.862. The third kappa shape index (κ3) is 4.65. The number of aryl methyl sites for hydroxylation is 1. The third-order valence-corrected chi connectivity index (χ3v) is 4.45. The molecule has 0 saturated carbocycles. The van der Waals surface area contributed by atoms with Crippen LogP contribution in [0.4, 0.5) is 0 Å². The van der Waals surface area contributed by atoms with Crippen molar-refractivity contribution in [1.29, 1.82) is 0 Å². The standard InChI is InChI=1S/C12H20N2O3S.ClH/c1-9-7-10(17-4)5-6-11(9)18(15,16)14-12(2,3)8-13;/h5-7,14H,8,13H2,1-4H3;1H. The molecule has 1 aromatic rings. The number of methoxy groups -OCH3 is 1. The molecule has 110 valence electrons. The Hall–Kier alpha value is -0.820. The van der Waals surface area contributed by atoms with Crippen molar-refractivity contribution in [3.63, 3.8) is 0 Å². The lowest BCUT2D eigenvalue weighted by Gasteiger charge is -2.24. The zero-order valence-corrected chi connectivity index (χ0v) is 13.2. The van der Waals surface area contributed by atoms with Gasteiger partial charge in [-0.15, -0.1) is 12.4 Å². The van der Waals surface area contributed by atoms with E-state index in [-0.39, 0.29) is 23.8 Å². The number of benzene rings is 1. The Morgan fingerprint density at radius 1 is 1.37 bits per heavy atom. The highest BCUT2D eigenvalue weighted by Gasteiger charge is 2.26. The molecule has 3 N–H and O–H groups in total. The van der Waals surface area contributed by atoms with Crippen LogP contribution in [0.1, 0.15) is 19.4 Å².